The third kappa shape index (κ3) is 4.87. The molecule has 2 atom stereocenters. The highest BCUT2D eigenvalue weighted by atomic mass is 32.2. The Morgan fingerprint density at radius 1 is 1.00 bits per heavy atom. The Morgan fingerprint density at radius 2 is 1.71 bits per heavy atom. The third-order valence-electron chi connectivity index (χ3n) is 5.95. The molecule has 176 valence electrons. The number of benzene rings is 3. The summed E-state index contributed by atoms with van der Waals surface area (Å²) in [6.45, 7) is 8.13. The predicted octanol–water partition coefficient (Wildman–Crippen LogP) is 6.10. The molecule has 0 saturated heterocycles. The molecule has 6 heteroatoms. The smallest absolute Gasteiger partial charge is 0.305 e. The van der Waals surface area contributed by atoms with Gasteiger partial charge in [-0.3, -0.25) is 14.4 Å². The molecule has 5 nitrogen and oxygen atoms in total. The van der Waals surface area contributed by atoms with Crippen LogP contribution in [0.3, 0.4) is 0 Å². The second-order valence-electron chi connectivity index (χ2n) is 9.99. The molecule has 0 radical (unpaired) electrons. The van der Waals surface area contributed by atoms with Gasteiger partial charge in [-0.05, 0) is 52.4 Å². The maximum Gasteiger partial charge on any atom is 0.305 e. The van der Waals surface area contributed by atoms with Crippen LogP contribution < -0.4 is 4.90 Å². The molecule has 1 heterocycles. The van der Waals surface area contributed by atoms with Gasteiger partial charge in [-0.2, -0.15) is 0 Å². The van der Waals surface area contributed by atoms with Crippen LogP contribution in [0.15, 0.2) is 60.7 Å². The van der Waals surface area contributed by atoms with Crippen molar-refractivity contribution in [2.24, 2.45) is 5.41 Å². The summed E-state index contributed by atoms with van der Waals surface area (Å²) >= 11 is 1.37. The van der Waals surface area contributed by atoms with Crippen molar-refractivity contribution in [2.75, 3.05) is 11.4 Å². The largest absolute Gasteiger partial charge is 0.481 e. The van der Waals surface area contributed by atoms with Gasteiger partial charge in [0.25, 0.3) is 0 Å². The minimum absolute atomic E-state index is 0.0514. The highest BCUT2D eigenvalue weighted by Crippen LogP contribution is 2.49. The van der Waals surface area contributed by atoms with Crippen molar-refractivity contribution in [1.82, 2.24) is 0 Å². The molecule has 3 aromatic rings. The van der Waals surface area contributed by atoms with Gasteiger partial charge in [0, 0.05) is 17.8 Å². The van der Waals surface area contributed by atoms with Crippen LogP contribution in [0.2, 0.25) is 0 Å². The van der Waals surface area contributed by atoms with E-state index in [1.807, 2.05) is 54.6 Å². The fourth-order valence-corrected chi connectivity index (χ4v) is 5.97. The summed E-state index contributed by atoms with van der Waals surface area (Å²) in [7, 11) is 0. The van der Waals surface area contributed by atoms with E-state index in [-0.39, 0.29) is 28.8 Å². The lowest BCUT2D eigenvalue weighted by atomic mass is 9.92. The van der Waals surface area contributed by atoms with Crippen LogP contribution in [0.1, 0.15) is 60.9 Å². The van der Waals surface area contributed by atoms with Crippen LogP contribution in [0, 0.1) is 5.41 Å². The second-order valence-corrected chi connectivity index (χ2v) is 11.3. The monoisotopic (exact) mass is 475 g/mol. The summed E-state index contributed by atoms with van der Waals surface area (Å²) in [4.78, 5) is 39.5. The summed E-state index contributed by atoms with van der Waals surface area (Å²) in [5.41, 5.74) is 2.97. The number of nitrogens with zero attached hydrogens (tertiary/aromatic N) is 1. The number of amides is 1. The minimum atomic E-state index is -1.01. The lowest BCUT2D eigenvalue weighted by molar-refractivity contribution is -0.138. The Kier molecular flexibility index (Phi) is 6.54. The van der Waals surface area contributed by atoms with Crippen LogP contribution in [0.25, 0.3) is 10.8 Å². The molecule has 0 aliphatic carbocycles. The first-order valence-corrected chi connectivity index (χ1v) is 12.3. The molecule has 1 aliphatic heterocycles. The zero-order valence-electron chi connectivity index (χ0n) is 19.9. The Labute approximate surface area is 204 Å². The van der Waals surface area contributed by atoms with Crippen LogP contribution >= 0.6 is 11.8 Å². The Bertz CT molecular complexity index is 1270. The third-order valence-corrected chi connectivity index (χ3v) is 7.42. The molecule has 0 spiro atoms. The first kappa shape index (κ1) is 24.0. The molecule has 34 heavy (non-hydrogen) atoms. The van der Waals surface area contributed by atoms with Crippen LogP contribution in [-0.4, -0.2) is 34.6 Å². The van der Waals surface area contributed by atoms with E-state index in [2.05, 4.69) is 20.8 Å². The van der Waals surface area contributed by atoms with Crippen LogP contribution in [0.5, 0.6) is 0 Å². The van der Waals surface area contributed by atoms with Gasteiger partial charge in [0.15, 0.2) is 5.78 Å². The lowest BCUT2D eigenvalue weighted by Crippen LogP contribution is -2.42. The topological polar surface area (TPSA) is 74.7 Å². The second kappa shape index (κ2) is 9.26. The van der Waals surface area contributed by atoms with Crippen molar-refractivity contribution in [3.05, 3.63) is 77.4 Å². The van der Waals surface area contributed by atoms with Crippen molar-refractivity contribution in [1.29, 1.82) is 0 Å². The average molecular weight is 476 g/mol. The van der Waals surface area contributed by atoms with Gasteiger partial charge in [-0.25, -0.2) is 0 Å². The number of anilines is 1. The van der Waals surface area contributed by atoms with Crippen molar-refractivity contribution in [2.45, 2.75) is 44.6 Å². The molecule has 0 saturated carbocycles. The number of ketones is 1. The molecule has 2 unspecified atom stereocenters. The molecule has 1 aliphatic rings. The molecule has 4 rings (SSSR count). The average Bonchev–Trinajstić information content (AvgIpc) is 2.87. The molecular weight excluding hydrogens is 446 g/mol. The van der Waals surface area contributed by atoms with Gasteiger partial charge in [-0.15, -0.1) is 11.8 Å². The van der Waals surface area contributed by atoms with Gasteiger partial charge in [-0.1, -0.05) is 63.2 Å². The zero-order chi connectivity index (χ0) is 24.6. The normalized spacial score (nSPS) is 18.5. The minimum Gasteiger partial charge on any atom is -0.481 e. The van der Waals surface area contributed by atoms with Gasteiger partial charge < -0.3 is 10.0 Å². The number of hydrogen-bond donors (Lipinski definition) is 1. The predicted molar refractivity (Wildman–Crippen MR) is 138 cm³/mol. The number of aliphatic carboxylic acids is 1. The van der Waals surface area contributed by atoms with Gasteiger partial charge in [0.05, 0.1) is 16.9 Å². The van der Waals surface area contributed by atoms with E-state index < -0.39 is 11.2 Å². The first-order valence-electron chi connectivity index (χ1n) is 11.4. The molecule has 0 fully saturated rings. The molecular formula is C28H29NO4S. The number of thioether (sulfide) groups is 1. The van der Waals surface area contributed by atoms with Crippen molar-refractivity contribution in [3.8, 4) is 0 Å². The molecule has 0 aromatic heterocycles. The molecule has 1 amide bonds. The highest BCUT2D eigenvalue weighted by molar-refractivity contribution is 8.01. The molecule has 1 N–H and O–H groups in total. The van der Waals surface area contributed by atoms with Gasteiger partial charge in [0.1, 0.15) is 0 Å². The summed E-state index contributed by atoms with van der Waals surface area (Å²) in [6, 6.07) is 19.6. The number of carbonyl (C=O) groups excluding carboxylic acids is 2. The molecule has 3 aromatic carbocycles. The summed E-state index contributed by atoms with van der Waals surface area (Å²) in [5.74, 6) is -1.26. The number of carboxylic acids is 1. The van der Waals surface area contributed by atoms with Crippen molar-refractivity contribution in [3.63, 3.8) is 0 Å². The van der Waals surface area contributed by atoms with E-state index in [0.717, 1.165) is 27.6 Å². The standard InChI is InChI=1S/C28H29NO4S/c1-17(30)19-12-13-23-22(14-19)26(21-11-7-9-18-8-5-6-10-20(18)21)34-24(15-25(31)32)27(33)29(23)16-28(2,3)4/h5-14,24,26H,15-16H2,1-4H3,(H,31,32). The van der Waals surface area contributed by atoms with E-state index in [1.54, 1.807) is 11.0 Å². The number of Topliss-reactive ketones (excluding diaryl/α,β-unsaturated/α-hetero) is 1. The Hall–Kier alpha value is -3.12. The fraction of sp³-hybridized carbons (Fsp3) is 0.321. The van der Waals surface area contributed by atoms with E-state index in [9.17, 15) is 19.5 Å². The van der Waals surface area contributed by atoms with E-state index in [0.29, 0.717) is 12.1 Å². The highest BCUT2D eigenvalue weighted by Gasteiger charge is 2.39. The summed E-state index contributed by atoms with van der Waals surface area (Å²) in [6.07, 6.45) is -0.265. The van der Waals surface area contributed by atoms with Crippen molar-refractivity contribution >= 4 is 45.9 Å². The number of hydrogen-bond acceptors (Lipinski definition) is 4. The van der Waals surface area contributed by atoms with E-state index >= 15 is 0 Å². The first-order chi connectivity index (χ1) is 16.0. The van der Waals surface area contributed by atoms with E-state index in [1.165, 1.54) is 18.7 Å². The van der Waals surface area contributed by atoms with Gasteiger partial charge >= 0.3 is 5.97 Å². The Morgan fingerprint density at radius 3 is 2.38 bits per heavy atom. The number of fused-ring (bicyclic) bond motifs is 2. The van der Waals surface area contributed by atoms with Gasteiger partial charge in [0.2, 0.25) is 5.91 Å². The van der Waals surface area contributed by atoms with E-state index in [4.69, 9.17) is 0 Å². The number of rotatable bonds is 5. The molecule has 0 bridgehead atoms. The van der Waals surface area contributed by atoms with Crippen LogP contribution in [-0.2, 0) is 9.59 Å². The number of carboxylic acid groups (broad SMARTS) is 1. The zero-order valence-corrected chi connectivity index (χ0v) is 20.7. The maximum atomic E-state index is 13.8. The summed E-state index contributed by atoms with van der Waals surface area (Å²) in [5, 5.41) is 10.7. The summed E-state index contributed by atoms with van der Waals surface area (Å²) < 4.78 is 0. The van der Waals surface area contributed by atoms with Crippen molar-refractivity contribution < 1.29 is 19.5 Å². The SMILES string of the molecule is CC(=O)c1ccc2c(c1)C(c1cccc3ccccc13)SC(CC(=O)O)C(=O)N2CC(C)(C)C. The fourth-order valence-electron chi connectivity index (χ4n) is 4.47. The quantitative estimate of drug-likeness (QED) is 0.451. The lowest BCUT2D eigenvalue weighted by Gasteiger charge is -2.31. The maximum absolute atomic E-state index is 13.8. The Balaban J connectivity index is 1.99. The number of carbonyl (C=O) groups is 3. The van der Waals surface area contributed by atoms with Crippen LogP contribution in [0.4, 0.5) is 5.69 Å².